The average Bonchev–Trinajstić information content (AvgIpc) is 3.26. The standard InChI is InChI=1S/C22H23N7O3S/c1-2-24-20(31)15-6-4-8-28(11-15)22-27-19-18(33-22)21(32)29(13-25-19)12-17(30)26-16-7-3-5-14(9-16)10-23/h3,5,7,9,13,15H,2,4,6,8,11-12H2,1H3,(H,24,31)(H,26,30). The molecule has 1 aliphatic heterocycles. The Balaban J connectivity index is 1.50. The van der Waals surface area contributed by atoms with Gasteiger partial charge in [0.15, 0.2) is 10.8 Å². The molecule has 1 fully saturated rings. The van der Waals surface area contributed by atoms with Crippen LogP contribution >= 0.6 is 11.3 Å². The summed E-state index contributed by atoms with van der Waals surface area (Å²) < 4.78 is 1.61. The number of nitrogens with one attached hydrogen (secondary N) is 2. The smallest absolute Gasteiger partial charge is 0.273 e. The lowest BCUT2D eigenvalue weighted by molar-refractivity contribution is -0.125. The number of amides is 2. The number of piperidine rings is 1. The lowest BCUT2D eigenvalue weighted by atomic mass is 9.97. The Kier molecular flexibility index (Phi) is 6.65. The van der Waals surface area contributed by atoms with Crippen LogP contribution in [0.25, 0.3) is 10.3 Å². The fourth-order valence-corrected chi connectivity index (χ4v) is 4.79. The number of fused-ring (bicyclic) bond motifs is 1. The van der Waals surface area contributed by atoms with Gasteiger partial charge in [0.1, 0.15) is 17.6 Å². The number of benzene rings is 1. The highest BCUT2D eigenvalue weighted by Crippen LogP contribution is 2.29. The molecule has 4 rings (SSSR count). The summed E-state index contributed by atoms with van der Waals surface area (Å²) in [4.78, 5) is 48.4. The van der Waals surface area contributed by atoms with E-state index in [0.717, 1.165) is 19.4 Å². The summed E-state index contributed by atoms with van der Waals surface area (Å²) in [5, 5.41) is 15.2. The Morgan fingerprint density at radius 2 is 2.21 bits per heavy atom. The Hall–Kier alpha value is -3.78. The third-order valence-electron chi connectivity index (χ3n) is 5.38. The number of aromatic nitrogens is 3. The molecule has 1 unspecified atom stereocenters. The number of hydrogen-bond acceptors (Lipinski definition) is 8. The van der Waals surface area contributed by atoms with Crippen LogP contribution in [0.1, 0.15) is 25.3 Å². The summed E-state index contributed by atoms with van der Waals surface area (Å²) in [5.41, 5.74) is 0.894. The van der Waals surface area contributed by atoms with Crippen LogP contribution < -0.4 is 21.1 Å². The van der Waals surface area contributed by atoms with Gasteiger partial charge in [-0.05, 0) is 38.0 Å². The van der Waals surface area contributed by atoms with Gasteiger partial charge in [-0.3, -0.25) is 19.0 Å². The lowest BCUT2D eigenvalue weighted by Gasteiger charge is -2.31. The van der Waals surface area contributed by atoms with Crippen LogP contribution in [0, 0.1) is 17.2 Å². The van der Waals surface area contributed by atoms with Crippen LogP contribution in [0.15, 0.2) is 35.4 Å². The van der Waals surface area contributed by atoms with Crippen molar-refractivity contribution in [2.45, 2.75) is 26.3 Å². The highest BCUT2D eigenvalue weighted by atomic mass is 32.1. The molecule has 1 atom stereocenters. The molecule has 33 heavy (non-hydrogen) atoms. The maximum absolute atomic E-state index is 13.0. The lowest BCUT2D eigenvalue weighted by Crippen LogP contribution is -2.43. The highest BCUT2D eigenvalue weighted by Gasteiger charge is 2.27. The number of thiazole rings is 1. The quantitative estimate of drug-likeness (QED) is 0.566. The summed E-state index contributed by atoms with van der Waals surface area (Å²) >= 11 is 1.23. The molecule has 1 saturated heterocycles. The van der Waals surface area contributed by atoms with E-state index in [2.05, 4.69) is 20.6 Å². The number of carbonyl (C=O) groups excluding carboxylic acids is 2. The van der Waals surface area contributed by atoms with Gasteiger partial charge in [0.2, 0.25) is 11.8 Å². The average molecular weight is 466 g/mol. The van der Waals surface area contributed by atoms with Gasteiger partial charge >= 0.3 is 0 Å². The molecule has 3 heterocycles. The fraction of sp³-hybridized carbons (Fsp3) is 0.364. The zero-order valence-electron chi connectivity index (χ0n) is 18.1. The molecule has 10 nitrogen and oxygen atoms in total. The van der Waals surface area contributed by atoms with Crippen LogP contribution in [0.5, 0.6) is 0 Å². The zero-order valence-corrected chi connectivity index (χ0v) is 18.9. The molecule has 2 aromatic heterocycles. The maximum Gasteiger partial charge on any atom is 0.273 e. The first-order valence-corrected chi connectivity index (χ1v) is 11.5. The minimum atomic E-state index is -0.404. The van der Waals surface area contributed by atoms with Crippen molar-refractivity contribution >= 4 is 44.3 Å². The Bertz CT molecular complexity index is 1290. The molecular weight excluding hydrogens is 442 g/mol. The predicted molar refractivity (Wildman–Crippen MR) is 125 cm³/mol. The molecule has 170 valence electrons. The number of anilines is 2. The Labute approximate surface area is 193 Å². The Morgan fingerprint density at radius 3 is 3.00 bits per heavy atom. The highest BCUT2D eigenvalue weighted by molar-refractivity contribution is 7.22. The molecule has 0 saturated carbocycles. The first-order valence-electron chi connectivity index (χ1n) is 10.7. The van der Waals surface area contributed by atoms with Crippen molar-refractivity contribution < 1.29 is 9.59 Å². The molecule has 0 radical (unpaired) electrons. The van der Waals surface area contributed by atoms with Crippen molar-refractivity contribution in [1.82, 2.24) is 19.9 Å². The van der Waals surface area contributed by atoms with Gasteiger partial charge in [-0.2, -0.15) is 10.2 Å². The second-order valence-electron chi connectivity index (χ2n) is 7.75. The van der Waals surface area contributed by atoms with Crippen molar-refractivity contribution in [1.29, 1.82) is 5.26 Å². The van der Waals surface area contributed by atoms with Gasteiger partial charge in [-0.1, -0.05) is 17.4 Å². The van der Waals surface area contributed by atoms with E-state index >= 15 is 0 Å². The molecule has 0 aliphatic carbocycles. The van der Waals surface area contributed by atoms with Crippen LogP contribution in [0.3, 0.4) is 0 Å². The van der Waals surface area contributed by atoms with E-state index in [1.54, 1.807) is 24.3 Å². The van der Waals surface area contributed by atoms with E-state index in [4.69, 9.17) is 5.26 Å². The number of carbonyl (C=O) groups is 2. The van der Waals surface area contributed by atoms with Gasteiger partial charge in [0, 0.05) is 25.3 Å². The normalized spacial score (nSPS) is 15.8. The van der Waals surface area contributed by atoms with E-state index < -0.39 is 5.91 Å². The molecule has 2 N–H and O–H groups in total. The summed E-state index contributed by atoms with van der Waals surface area (Å²) in [5.74, 6) is -0.479. The Morgan fingerprint density at radius 1 is 1.36 bits per heavy atom. The number of nitriles is 1. The molecule has 0 spiro atoms. The predicted octanol–water partition coefficient (Wildman–Crippen LogP) is 1.72. The van der Waals surface area contributed by atoms with Crippen LogP contribution in [0.4, 0.5) is 10.8 Å². The van der Waals surface area contributed by atoms with E-state index in [-0.39, 0.29) is 23.9 Å². The SMILES string of the molecule is CCNC(=O)C1CCCN(c2nc3ncn(CC(=O)Nc4cccc(C#N)c4)c(=O)c3s2)C1. The number of rotatable bonds is 6. The fourth-order valence-electron chi connectivity index (χ4n) is 3.79. The molecule has 3 aromatic rings. The number of nitrogens with zero attached hydrogens (tertiary/aromatic N) is 5. The first kappa shape index (κ1) is 22.4. The second-order valence-corrected chi connectivity index (χ2v) is 8.72. The van der Waals surface area contributed by atoms with Crippen molar-refractivity contribution in [2.24, 2.45) is 5.92 Å². The summed E-state index contributed by atoms with van der Waals surface area (Å²) in [6, 6.07) is 8.56. The number of hydrogen-bond donors (Lipinski definition) is 2. The maximum atomic E-state index is 13.0. The zero-order chi connectivity index (χ0) is 23.4. The largest absolute Gasteiger partial charge is 0.356 e. The van der Waals surface area contributed by atoms with Gasteiger partial charge in [-0.25, -0.2) is 4.98 Å². The van der Waals surface area contributed by atoms with Crippen LogP contribution in [-0.2, 0) is 16.1 Å². The minimum absolute atomic E-state index is 0.0371. The van der Waals surface area contributed by atoms with E-state index in [1.807, 2.05) is 17.9 Å². The van der Waals surface area contributed by atoms with Crippen LogP contribution in [0.2, 0.25) is 0 Å². The molecule has 1 aromatic carbocycles. The van der Waals surface area contributed by atoms with Crippen molar-refractivity contribution in [3.05, 3.63) is 46.5 Å². The van der Waals surface area contributed by atoms with E-state index in [9.17, 15) is 14.4 Å². The van der Waals surface area contributed by atoms with Crippen molar-refractivity contribution in [3.8, 4) is 6.07 Å². The monoisotopic (exact) mass is 465 g/mol. The molecule has 11 heteroatoms. The molecular formula is C22H23N7O3S. The second kappa shape index (κ2) is 9.79. The molecule has 2 amide bonds. The summed E-state index contributed by atoms with van der Waals surface area (Å²) in [7, 11) is 0. The van der Waals surface area contributed by atoms with Gasteiger partial charge < -0.3 is 15.5 Å². The van der Waals surface area contributed by atoms with Gasteiger partial charge in [0.05, 0.1) is 17.6 Å². The molecule has 1 aliphatic rings. The van der Waals surface area contributed by atoms with Crippen molar-refractivity contribution in [2.75, 3.05) is 29.9 Å². The summed E-state index contributed by atoms with van der Waals surface area (Å²) in [6.07, 6.45) is 3.00. The summed E-state index contributed by atoms with van der Waals surface area (Å²) in [6.45, 7) is 3.58. The minimum Gasteiger partial charge on any atom is -0.356 e. The van der Waals surface area contributed by atoms with Gasteiger partial charge in [0.25, 0.3) is 5.56 Å². The topological polar surface area (TPSA) is 133 Å². The first-order chi connectivity index (χ1) is 16.0. The van der Waals surface area contributed by atoms with Crippen molar-refractivity contribution in [3.63, 3.8) is 0 Å². The van der Waals surface area contributed by atoms with E-state index in [0.29, 0.717) is 39.8 Å². The third-order valence-corrected chi connectivity index (χ3v) is 6.47. The van der Waals surface area contributed by atoms with Gasteiger partial charge in [-0.15, -0.1) is 0 Å². The van der Waals surface area contributed by atoms with Crippen LogP contribution in [-0.4, -0.2) is 46.0 Å². The van der Waals surface area contributed by atoms with E-state index in [1.165, 1.54) is 22.2 Å². The molecule has 0 bridgehead atoms. The third kappa shape index (κ3) is 5.01.